The number of aromatic nitrogens is 1. The van der Waals surface area contributed by atoms with Gasteiger partial charge in [-0.2, -0.15) is 0 Å². The Kier molecular flexibility index (Phi) is 1.80. The van der Waals surface area contributed by atoms with E-state index in [0.29, 0.717) is 0 Å². The van der Waals surface area contributed by atoms with Crippen LogP contribution in [0.25, 0.3) is 0 Å². The second-order valence-corrected chi connectivity index (χ2v) is 3.13. The van der Waals surface area contributed by atoms with Crippen LogP contribution in [0.4, 0.5) is 0 Å². The first-order valence-electron chi connectivity index (χ1n) is 4.24. The standard InChI is InChI=1S/C10H13N/c1-2-4-9(5-3-1)10-6-7-11-8-10/h1-2,6-9,11H,3-5H2. The van der Waals surface area contributed by atoms with Crippen molar-refractivity contribution in [2.75, 3.05) is 0 Å². The molecule has 58 valence electrons. The maximum Gasteiger partial charge on any atom is 0.00402 e. The van der Waals surface area contributed by atoms with Crippen molar-refractivity contribution in [1.82, 2.24) is 4.98 Å². The van der Waals surface area contributed by atoms with Gasteiger partial charge in [-0.05, 0) is 36.8 Å². The molecule has 0 saturated carbocycles. The third kappa shape index (κ3) is 1.37. The van der Waals surface area contributed by atoms with Crippen molar-refractivity contribution in [1.29, 1.82) is 0 Å². The second kappa shape index (κ2) is 2.95. The smallest absolute Gasteiger partial charge is 0.00402 e. The average Bonchev–Trinajstić information content (AvgIpc) is 2.58. The largest absolute Gasteiger partial charge is 0.367 e. The maximum atomic E-state index is 3.10. The SMILES string of the molecule is C1=CCC(c2cc[nH]c2)CC1. The van der Waals surface area contributed by atoms with Crippen LogP contribution in [0.15, 0.2) is 30.6 Å². The predicted molar refractivity (Wildman–Crippen MR) is 46.5 cm³/mol. The molecule has 0 aromatic carbocycles. The van der Waals surface area contributed by atoms with Gasteiger partial charge in [0.15, 0.2) is 0 Å². The fourth-order valence-corrected chi connectivity index (χ4v) is 1.69. The average molecular weight is 147 g/mol. The van der Waals surface area contributed by atoms with E-state index in [9.17, 15) is 0 Å². The minimum atomic E-state index is 0.770. The van der Waals surface area contributed by atoms with Gasteiger partial charge in [0.25, 0.3) is 0 Å². The molecule has 0 saturated heterocycles. The zero-order valence-corrected chi connectivity index (χ0v) is 6.59. The second-order valence-electron chi connectivity index (χ2n) is 3.13. The van der Waals surface area contributed by atoms with Gasteiger partial charge in [-0.25, -0.2) is 0 Å². The van der Waals surface area contributed by atoms with Crippen LogP contribution < -0.4 is 0 Å². The summed E-state index contributed by atoms with van der Waals surface area (Å²) in [5.74, 6) is 0.770. The van der Waals surface area contributed by atoms with Crippen molar-refractivity contribution in [2.24, 2.45) is 0 Å². The summed E-state index contributed by atoms with van der Waals surface area (Å²) in [5.41, 5.74) is 1.47. The molecule has 2 rings (SSSR count). The topological polar surface area (TPSA) is 15.8 Å². The molecule has 0 radical (unpaired) electrons. The first-order chi connectivity index (χ1) is 5.47. The fourth-order valence-electron chi connectivity index (χ4n) is 1.69. The van der Waals surface area contributed by atoms with Crippen molar-refractivity contribution in [3.05, 3.63) is 36.2 Å². The molecule has 1 nitrogen and oxygen atoms in total. The lowest BCUT2D eigenvalue weighted by atomic mass is 9.89. The highest BCUT2D eigenvalue weighted by Crippen LogP contribution is 2.28. The molecular formula is C10H13N. The molecule has 0 amide bonds. The molecule has 11 heavy (non-hydrogen) atoms. The maximum absolute atomic E-state index is 3.10. The van der Waals surface area contributed by atoms with E-state index in [1.807, 2.05) is 6.20 Å². The molecule has 1 N–H and O–H groups in total. The number of aromatic amines is 1. The van der Waals surface area contributed by atoms with Gasteiger partial charge in [0, 0.05) is 12.4 Å². The van der Waals surface area contributed by atoms with Gasteiger partial charge in [-0.15, -0.1) is 0 Å². The molecule has 1 atom stereocenters. The van der Waals surface area contributed by atoms with E-state index in [4.69, 9.17) is 0 Å². The summed E-state index contributed by atoms with van der Waals surface area (Å²) in [7, 11) is 0. The molecule has 1 aliphatic carbocycles. The molecular weight excluding hydrogens is 134 g/mol. The van der Waals surface area contributed by atoms with Crippen LogP contribution in [0.1, 0.15) is 30.7 Å². The zero-order chi connectivity index (χ0) is 7.52. The van der Waals surface area contributed by atoms with E-state index in [2.05, 4.69) is 29.4 Å². The highest BCUT2D eigenvalue weighted by molar-refractivity contribution is 5.17. The number of allylic oxidation sites excluding steroid dienone is 2. The van der Waals surface area contributed by atoms with Gasteiger partial charge in [-0.3, -0.25) is 0 Å². The highest BCUT2D eigenvalue weighted by atomic mass is 14.6. The van der Waals surface area contributed by atoms with Crippen LogP contribution in [0.5, 0.6) is 0 Å². The van der Waals surface area contributed by atoms with E-state index < -0.39 is 0 Å². The van der Waals surface area contributed by atoms with E-state index >= 15 is 0 Å². The van der Waals surface area contributed by atoms with Crippen molar-refractivity contribution < 1.29 is 0 Å². The number of H-pyrrole nitrogens is 1. The zero-order valence-electron chi connectivity index (χ0n) is 6.59. The lowest BCUT2D eigenvalue weighted by Gasteiger charge is -2.15. The van der Waals surface area contributed by atoms with Crippen LogP contribution >= 0.6 is 0 Å². The molecule has 0 fully saturated rings. The van der Waals surface area contributed by atoms with Gasteiger partial charge in [0.1, 0.15) is 0 Å². The van der Waals surface area contributed by atoms with Gasteiger partial charge >= 0.3 is 0 Å². The van der Waals surface area contributed by atoms with Crippen LogP contribution in [0.2, 0.25) is 0 Å². The van der Waals surface area contributed by atoms with Crippen LogP contribution in [-0.4, -0.2) is 4.98 Å². The molecule has 0 aliphatic heterocycles. The van der Waals surface area contributed by atoms with Gasteiger partial charge in [0.05, 0.1) is 0 Å². The van der Waals surface area contributed by atoms with E-state index in [0.717, 1.165) is 5.92 Å². The number of rotatable bonds is 1. The van der Waals surface area contributed by atoms with E-state index in [1.54, 1.807) is 0 Å². The molecule has 0 spiro atoms. The molecule has 1 unspecified atom stereocenters. The highest BCUT2D eigenvalue weighted by Gasteiger charge is 2.11. The Morgan fingerprint density at radius 2 is 2.36 bits per heavy atom. The summed E-state index contributed by atoms with van der Waals surface area (Å²) < 4.78 is 0. The Morgan fingerprint density at radius 1 is 1.36 bits per heavy atom. The monoisotopic (exact) mass is 147 g/mol. The molecule has 1 aromatic rings. The summed E-state index contributed by atoms with van der Waals surface area (Å²) in [4.78, 5) is 3.10. The quantitative estimate of drug-likeness (QED) is 0.588. The van der Waals surface area contributed by atoms with Crippen LogP contribution in [0.3, 0.4) is 0 Å². The summed E-state index contributed by atoms with van der Waals surface area (Å²) >= 11 is 0. The Hall–Kier alpha value is -0.980. The number of hydrogen-bond donors (Lipinski definition) is 1. The van der Waals surface area contributed by atoms with E-state index in [-0.39, 0.29) is 0 Å². The third-order valence-corrected chi connectivity index (χ3v) is 2.36. The van der Waals surface area contributed by atoms with Gasteiger partial charge < -0.3 is 4.98 Å². The number of nitrogens with one attached hydrogen (secondary N) is 1. The van der Waals surface area contributed by atoms with Crippen molar-refractivity contribution in [3.8, 4) is 0 Å². The lowest BCUT2D eigenvalue weighted by Crippen LogP contribution is -1.98. The lowest BCUT2D eigenvalue weighted by molar-refractivity contribution is 0.618. The van der Waals surface area contributed by atoms with Crippen LogP contribution in [0, 0.1) is 0 Å². The third-order valence-electron chi connectivity index (χ3n) is 2.36. The fraction of sp³-hybridized carbons (Fsp3) is 0.400. The Bertz CT molecular complexity index is 233. The summed E-state index contributed by atoms with van der Waals surface area (Å²) in [6, 6.07) is 2.18. The van der Waals surface area contributed by atoms with Crippen molar-refractivity contribution >= 4 is 0 Å². The minimum Gasteiger partial charge on any atom is -0.367 e. The molecule has 1 heterocycles. The Balaban J connectivity index is 2.11. The predicted octanol–water partition coefficient (Wildman–Crippen LogP) is 2.84. The Labute approximate surface area is 67.1 Å². The van der Waals surface area contributed by atoms with Crippen molar-refractivity contribution in [2.45, 2.75) is 25.2 Å². The van der Waals surface area contributed by atoms with Gasteiger partial charge in [0.2, 0.25) is 0 Å². The van der Waals surface area contributed by atoms with Crippen LogP contribution in [-0.2, 0) is 0 Å². The molecule has 1 aromatic heterocycles. The Morgan fingerprint density at radius 3 is 3.00 bits per heavy atom. The number of hydrogen-bond acceptors (Lipinski definition) is 0. The molecule has 1 heteroatoms. The summed E-state index contributed by atoms with van der Waals surface area (Å²) in [6.45, 7) is 0. The first-order valence-corrected chi connectivity index (χ1v) is 4.24. The molecule has 1 aliphatic rings. The molecule has 0 bridgehead atoms. The van der Waals surface area contributed by atoms with Gasteiger partial charge in [-0.1, -0.05) is 12.2 Å². The first kappa shape index (κ1) is 6.71. The normalized spacial score (nSPS) is 23.8. The van der Waals surface area contributed by atoms with Crippen molar-refractivity contribution in [3.63, 3.8) is 0 Å². The van der Waals surface area contributed by atoms with E-state index in [1.165, 1.54) is 24.8 Å². The summed E-state index contributed by atoms with van der Waals surface area (Å²) in [5, 5.41) is 0. The summed E-state index contributed by atoms with van der Waals surface area (Å²) in [6.07, 6.45) is 12.5. The minimum absolute atomic E-state index is 0.770.